The number of pyridine rings is 1. The lowest BCUT2D eigenvalue weighted by Gasteiger charge is -2.35. The van der Waals surface area contributed by atoms with E-state index in [-0.39, 0.29) is 5.82 Å². The van der Waals surface area contributed by atoms with Gasteiger partial charge in [-0.3, -0.25) is 10.1 Å². The fraction of sp³-hybridized carbons (Fsp3) is 0.357. The van der Waals surface area contributed by atoms with Crippen LogP contribution in [0.25, 0.3) is 33.4 Å². The molecule has 7 heteroatoms. The van der Waals surface area contributed by atoms with Crippen molar-refractivity contribution in [1.82, 2.24) is 20.1 Å². The van der Waals surface area contributed by atoms with Gasteiger partial charge in [-0.2, -0.15) is 5.10 Å². The number of H-pyrrole nitrogens is 1. The van der Waals surface area contributed by atoms with E-state index in [1.807, 2.05) is 12.1 Å². The lowest BCUT2D eigenvalue weighted by Crippen LogP contribution is -2.44. The number of likely N-dealkylation sites (N-methyl/N-ethyl adjacent to an activating group) is 1. The standard InChI is InChI=1S/C28H30FN5O/c1-33-11-13-34(14-12-33)25-10-9-20-16-26(25)35-15-4-2-3-6-19-7-5-8-22(29)27(19)23-17-21-24(18-30-23)31-32-28(20)21/h5,7-10,16-18H,2-4,6,11-15H2,1H3,(H,31,32). The summed E-state index contributed by atoms with van der Waals surface area (Å²) >= 11 is 0. The highest BCUT2D eigenvalue weighted by atomic mass is 19.1. The second kappa shape index (κ2) is 9.30. The van der Waals surface area contributed by atoms with E-state index in [1.54, 1.807) is 12.3 Å². The number of piperazine rings is 1. The third-order valence-electron chi connectivity index (χ3n) is 7.23. The number of nitrogens with zero attached hydrogens (tertiary/aromatic N) is 4. The van der Waals surface area contributed by atoms with E-state index in [2.05, 4.69) is 50.2 Å². The van der Waals surface area contributed by atoms with Gasteiger partial charge in [-0.15, -0.1) is 0 Å². The summed E-state index contributed by atoms with van der Waals surface area (Å²) in [5.41, 5.74) is 6.01. The number of rotatable bonds is 1. The zero-order valence-corrected chi connectivity index (χ0v) is 20.1. The van der Waals surface area contributed by atoms with Gasteiger partial charge in [0.25, 0.3) is 0 Å². The van der Waals surface area contributed by atoms with Gasteiger partial charge in [0.2, 0.25) is 0 Å². The average molecular weight is 472 g/mol. The maximum atomic E-state index is 15.0. The molecule has 35 heavy (non-hydrogen) atoms. The van der Waals surface area contributed by atoms with Crippen LogP contribution in [0.2, 0.25) is 0 Å². The molecular formula is C28H30FN5O. The van der Waals surface area contributed by atoms with Crippen LogP contribution in [0, 0.1) is 5.82 Å². The van der Waals surface area contributed by atoms with E-state index in [0.29, 0.717) is 17.9 Å². The normalized spacial score (nSPS) is 17.0. The minimum absolute atomic E-state index is 0.231. The quantitative estimate of drug-likeness (QED) is 0.409. The third kappa shape index (κ3) is 4.25. The Morgan fingerprint density at radius 1 is 1.00 bits per heavy atom. The number of hydrogen-bond acceptors (Lipinski definition) is 5. The molecule has 2 aromatic heterocycles. The highest BCUT2D eigenvalue weighted by molar-refractivity contribution is 5.95. The summed E-state index contributed by atoms with van der Waals surface area (Å²) in [7, 11) is 2.17. The number of aryl methyl sites for hydroxylation is 1. The van der Waals surface area contributed by atoms with Crippen molar-refractivity contribution >= 4 is 16.6 Å². The van der Waals surface area contributed by atoms with Crippen LogP contribution in [0.15, 0.2) is 48.7 Å². The molecule has 4 bridgehead atoms. The topological polar surface area (TPSA) is 57.3 Å². The van der Waals surface area contributed by atoms with E-state index < -0.39 is 0 Å². The molecule has 2 aliphatic heterocycles. The first-order valence-corrected chi connectivity index (χ1v) is 12.5. The Kier molecular flexibility index (Phi) is 5.86. The molecule has 0 unspecified atom stereocenters. The molecule has 0 amide bonds. The van der Waals surface area contributed by atoms with Gasteiger partial charge in [-0.25, -0.2) is 4.39 Å². The fourth-order valence-electron chi connectivity index (χ4n) is 5.20. The molecule has 180 valence electrons. The summed E-state index contributed by atoms with van der Waals surface area (Å²) in [6.45, 7) is 4.70. The molecule has 0 saturated carbocycles. The first kappa shape index (κ1) is 22.0. The second-order valence-electron chi connectivity index (χ2n) is 9.59. The van der Waals surface area contributed by atoms with Crippen LogP contribution < -0.4 is 9.64 Å². The maximum Gasteiger partial charge on any atom is 0.143 e. The minimum Gasteiger partial charge on any atom is -0.491 e. The van der Waals surface area contributed by atoms with Crippen LogP contribution in [0.1, 0.15) is 24.8 Å². The summed E-state index contributed by atoms with van der Waals surface area (Å²) < 4.78 is 21.4. The van der Waals surface area contributed by atoms with Crippen molar-refractivity contribution in [1.29, 1.82) is 0 Å². The number of anilines is 1. The van der Waals surface area contributed by atoms with Gasteiger partial charge >= 0.3 is 0 Å². The summed E-state index contributed by atoms with van der Waals surface area (Å²) in [5, 5.41) is 8.65. The van der Waals surface area contributed by atoms with E-state index in [0.717, 1.165) is 91.0 Å². The van der Waals surface area contributed by atoms with Gasteiger partial charge in [0, 0.05) is 42.7 Å². The first-order valence-electron chi connectivity index (χ1n) is 12.5. The monoisotopic (exact) mass is 471 g/mol. The largest absolute Gasteiger partial charge is 0.491 e. The molecule has 2 aromatic carbocycles. The van der Waals surface area contributed by atoms with E-state index in [1.165, 1.54) is 6.07 Å². The van der Waals surface area contributed by atoms with Gasteiger partial charge in [0.1, 0.15) is 17.3 Å². The van der Waals surface area contributed by atoms with Gasteiger partial charge in [0.15, 0.2) is 0 Å². The number of ether oxygens (including phenoxy) is 1. The van der Waals surface area contributed by atoms with Gasteiger partial charge < -0.3 is 14.5 Å². The third-order valence-corrected chi connectivity index (χ3v) is 7.23. The van der Waals surface area contributed by atoms with Crippen LogP contribution >= 0.6 is 0 Å². The lowest BCUT2D eigenvalue weighted by atomic mass is 9.97. The lowest BCUT2D eigenvalue weighted by molar-refractivity contribution is 0.296. The summed E-state index contributed by atoms with van der Waals surface area (Å²) in [5.74, 6) is 0.674. The molecule has 1 fully saturated rings. The number of benzene rings is 2. The summed E-state index contributed by atoms with van der Waals surface area (Å²) in [6, 6.07) is 13.7. The zero-order valence-electron chi connectivity index (χ0n) is 20.1. The molecule has 1 N–H and O–H groups in total. The van der Waals surface area contributed by atoms with Crippen molar-refractivity contribution in [2.75, 3.05) is 44.7 Å². The number of hydrogen-bond donors (Lipinski definition) is 1. The number of fused-ring (bicyclic) bond motifs is 6. The molecule has 4 aromatic rings. The number of halogens is 1. The van der Waals surface area contributed by atoms with Crippen LogP contribution in [-0.4, -0.2) is 59.9 Å². The Hall–Kier alpha value is -3.45. The Bertz CT molecular complexity index is 1360. The zero-order chi connectivity index (χ0) is 23.8. The Morgan fingerprint density at radius 3 is 2.77 bits per heavy atom. The molecular weight excluding hydrogens is 441 g/mol. The molecule has 0 aliphatic carbocycles. The Labute approximate surface area is 204 Å². The SMILES string of the molecule is CN1CCN(c2ccc3cc2OCCCCCc2cccc(F)c2-c2cc4c-3n[nH]c4cn2)CC1. The van der Waals surface area contributed by atoms with Crippen molar-refractivity contribution in [3.8, 4) is 28.3 Å². The van der Waals surface area contributed by atoms with Gasteiger partial charge in [0.05, 0.1) is 29.7 Å². The van der Waals surface area contributed by atoms with Gasteiger partial charge in [-0.1, -0.05) is 18.2 Å². The smallest absolute Gasteiger partial charge is 0.143 e. The predicted octanol–water partition coefficient (Wildman–Crippen LogP) is 5.29. The molecule has 0 atom stereocenters. The highest BCUT2D eigenvalue weighted by Gasteiger charge is 2.21. The van der Waals surface area contributed by atoms with Crippen LogP contribution in [0.3, 0.4) is 0 Å². The summed E-state index contributed by atoms with van der Waals surface area (Å²) in [4.78, 5) is 9.37. The molecule has 0 radical (unpaired) electrons. The van der Waals surface area contributed by atoms with Crippen molar-refractivity contribution in [2.24, 2.45) is 0 Å². The maximum absolute atomic E-state index is 15.0. The molecule has 4 heterocycles. The minimum atomic E-state index is -0.231. The molecule has 2 aliphatic rings. The molecule has 6 rings (SSSR count). The number of aromatic nitrogens is 3. The number of nitrogens with one attached hydrogen (secondary N) is 1. The number of aromatic amines is 1. The van der Waals surface area contributed by atoms with Gasteiger partial charge in [-0.05, 0) is 62.6 Å². The van der Waals surface area contributed by atoms with Crippen molar-refractivity contribution < 1.29 is 9.13 Å². The van der Waals surface area contributed by atoms with E-state index >= 15 is 4.39 Å². The first-order chi connectivity index (χ1) is 17.2. The molecule has 6 nitrogen and oxygen atoms in total. The van der Waals surface area contributed by atoms with Crippen LogP contribution in [0.5, 0.6) is 5.75 Å². The van der Waals surface area contributed by atoms with Crippen molar-refractivity contribution in [3.05, 3.63) is 60.0 Å². The van der Waals surface area contributed by atoms with Crippen molar-refractivity contribution in [3.63, 3.8) is 0 Å². The van der Waals surface area contributed by atoms with Crippen LogP contribution in [0.4, 0.5) is 10.1 Å². The van der Waals surface area contributed by atoms with E-state index in [9.17, 15) is 0 Å². The Balaban J connectivity index is 1.47. The predicted molar refractivity (Wildman–Crippen MR) is 137 cm³/mol. The van der Waals surface area contributed by atoms with Crippen molar-refractivity contribution in [2.45, 2.75) is 25.7 Å². The molecule has 1 saturated heterocycles. The van der Waals surface area contributed by atoms with Crippen LogP contribution in [-0.2, 0) is 6.42 Å². The highest BCUT2D eigenvalue weighted by Crippen LogP contribution is 2.37. The fourth-order valence-corrected chi connectivity index (χ4v) is 5.20. The summed E-state index contributed by atoms with van der Waals surface area (Å²) in [6.07, 6.45) is 5.52. The molecule has 0 spiro atoms. The Morgan fingerprint density at radius 2 is 1.89 bits per heavy atom. The average Bonchev–Trinajstić information content (AvgIpc) is 3.29. The van der Waals surface area contributed by atoms with E-state index in [4.69, 9.17) is 4.74 Å². The second-order valence-corrected chi connectivity index (χ2v) is 9.59.